The van der Waals surface area contributed by atoms with E-state index < -0.39 is 0 Å². The number of nitrogen functional groups attached to an aromatic ring is 1. The van der Waals surface area contributed by atoms with Crippen LogP contribution in [0.25, 0.3) is 0 Å². The minimum Gasteiger partial charge on any atom is -0.368 e. The van der Waals surface area contributed by atoms with E-state index in [0.717, 1.165) is 22.8 Å². The van der Waals surface area contributed by atoms with Gasteiger partial charge in [-0.15, -0.1) is 0 Å². The normalized spacial score (nSPS) is 17.4. The zero-order chi connectivity index (χ0) is 14.6. The van der Waals surface area contributed by atoms with Crippen LogP contribution in [0.5, 0.6) is 0 Å². The standard InChI is InChI=1S/C14H24BrN5/c1-10(2)7-14(5-3-4-6-14)9-18-12-11(15)8-17-13(19-12)20-16/h8,10H,3-7,9,16H2,1-2H3,(H2,17,18,19,20). The summed E-state index contributed by atoms with van der Waals surface area (Å²) in [5.74, 6) is 7.33. The zero-order valence-corrected chi connectivity index (χ0v) is 13.8. The predicted octanol–water partition coefficient (Wildman–Crippen LogP) is 3.54. The lowest BCUT2D eigenvalue weighted by atomic mass is 9.78. The molecule has 1 aliphatic rings. The molecule has 1 aromatic heterocycles. The van der Waals surface area contributed by atoms with E-state index in [9.17, 15) is 0 Å². The van der Waals surface area contributed by atoms with Crippen molar-refractivity contribution in [1.82, 2.24) is 9.97 Å². The zero-order valence-electron chi connectivity index (χ0n) is 12.2. The third kappa shape index (κ3) is 3.82. The van der Waals surface area contributed by atoms with Crippen LogP contribution in [0.3, 0.4) is 0 Å². The van der Waals surface area contributed by atoms with E-state index in [1.54, 1.807) is 6.20 Å². The van der Waals surface area contributed by atoms with Gasteiger partial charge in [0.25, 0.3) is 0 Å². The monoisotopic (exact) mass is 341 g/mol. The number of hydrazine groups is 1. The smallest absolute Gasteiger partial charge is 0.239 e. The Morgan fingerprint density at radius 3 is 2.70 bits per heavy atom. The number of rotatable bonds is 6. The number of halogens is 1. The maximum Gasteiger partial charge on any atom is 0.239 e. The van der Waals surface area contributed by atoms with Crippen LogP contribution in [-0.4, -0.2) is 16.5 Å². The molecule has 6 heteroatoms. The van der Waals surface area contributed by atoms with E-state index in [2.05, 4.69) is 50.5 Å². The molecule has 0 aliphatic heterocycles. The van der Waals surface area contributed by atoms with Gasteiger partial charge in [0.1, 0.15) is 5.82 Å². The molecule has 5 nitrogen and oxygen atoms in total. The highest BCUT2D eigenvalue weighted by atomic mass is 79.9. The van der Waals surface area contributed by atoms with Gasteiger partial charge in [0.15, 0.2) is 0 Å². The number of nitrogens with one attached hydrogen (secondary N) is 2. The number of nitrogens with zero attached hydrogens (tertiary/aromatic N) is 2. The van der Waals surface area contributed by atoms with E-state index in [1.165, 1.54) is 32.1 Å². The maximum absolute atomic E-state index is 5.36. The van der Waals surface area contributed by atoms with Gasteiger partial charge < -0.3 is 5.32 Å². The second kappa shape index (κ2) is 6.72. The molecular formula is C14H24BrN5. The van der Waals surface area contributed by atoms with Crippen molar-refractivity contribution in [3.63, 3.8) is 0 Å². The molecule has 1 aliphatic carbocycles. The van der Waals surface area contributed by atoms with Crippen molar-refractivity contribution >= 4 is 27.7 Å². The van der Waals surface area contributed by atoms with Crippen molar-refractivity contribution in [3.05, 3.63) is 10.7 Å². The molecule has 20 heavy (non-hydrogen) atoms. The summed E-state index contributed by atoms with van der Waals surface area (Å²) in [7, 11) is 0. The summed E-state index contributed by atoms with van der Waals surface area (Å²) in [4.78, 5) is 8.43. The molecule has 1 fully saturated rings. The molecule has 0 spiro atoms. The molecule has 0 bridgehead atoms. The lowest BCUT2D eigenvalue weighted by Gasteiger charge is -2.31. The molecule has 0 unspecified atom stereocenters. The minimum absolute atomic E-state index is 0.412. The van der Waals surface area contributed by atoms with Crippen molar-refractivity contribution in [2.75, 3.05) is 17.3 Å². The number of nitrogens with two attached hydrogens (primary N) is 1. The Bertz CT molecular complexity index is 443. The molecule has 2 rings (SSSR count). The van der Waals surface area contributed by atoms with E-state index >= 15 is 0 Å². The molecule has 4 N–H and O–H groups in total. The van der Waals surface area contributed by atoms with Crippen LogP contribution in [0.1, 0.15) is 46.0 Å². The fraction of sp³-hybridized carbons (Fsp3) is 0.714. The number of hydrogen-bond acceptors (Lipinski definition) is 5. The summed E-state index contributed by atoms with van der Waals surface area (Å²) >= 11 is 3.48. The lowest BCUT2D eigenvalue weighted by Crippen LogP contribution is -2.29. The summed E-state index contributed by atoms with van der Waals surface area (Å²) in [6, 6.07) is 0. The van der Waals surface area contributed by atoms with Crippen molar-refractivity contribution in [2.45, 2.75) is 46.0 Å². The third-order valence-corrected chi connectivity index (χ3v) is 4.59. The van der Waals surface area contributed by atoms with Crippen LogP contribution < -0.4 is 16.6 Å². The highest BCUT2D eigenvalue weighted by Crippen LogP contribution is 2.43. The highest BCUT2D eigenvalue weighted by Gasteiger charge is 2.34. The summed E-state index contributed by atoms with van der Waals surface area (Å²) in [6.45, 7) is 5.57. The van der Waals surface area contributed by atoms with Crippen LogP contribution in [-0.2, 0) is 0 Å². The van der Waals surface area contributed by atoms with Gasteiger partial charge in [0, 0.05) is 12.7 Å². The van der Waals surface area contributed by atoms with Crippen LogP contribution >= 0.6 is 15.9 Å². The Morgan fingerprint density at radius 2 is 2.10 bits per heavy atom. The van der Waals surface area contributed by atoms with E-state index in [-0.39, 0.29) is 0 Å². The van der Waals surface area contributed by atoms with Gasteiger partial charge in [-0.25, -0.2) is 10.8 Å². The second-order valence-corrected chi connectivity index (χ2v) is 7.05. The van der Waals surface area contributed by atoms with Crippen molar-refractivity contribution in [2.24, 2.45) is 17.2 Å². The van der Waals surface area contributed by atoms with Gasteiger partial charge in [-0.3, -0.25) is 5.43 Å². The average molecular weight is 342 g/mol. The van der Waals surface area contributed by atoms with Gasteiger partial charge in [0.05, 0.1) is 4.47 Å². The number of aromatic nitrogens is 2. The van der Waals surface area contributed by atoms with Crippen molar-refractivity contribution in [3.8, 4) is 0 Å². The quantitative estimate of drug-likeness (QED) is 0.545. The second-order valence-electron chi connectivity index (χ2n) is 6.19. The Labute approximate surface area is 129 Å². The third-order valence-electron chi connectivity index (χ3n) is 4.01. The molecular weight excluding hydrogens is 318 g/mol. The maximum atomic E-state index is 5.36. The lowest BCUT2D eigenvalue weighted by molar-refractivity contribution is 0.252. The average Bonchev–Trinajstić information content (AvgIpc) is 2.86. The fourth-order valence-electron chi connectivity index (χ4n) is 3.28. The van der Waals surface area contributed by atoms with Crippen LogP contribution in [0.15, 0.2) is 10.7 Å². The largest absolute Gasteiger partial charge is 0.368 e. The molecule has 0 aromatic carbocycles. The summed E-state index contributed by atoms with van der Waals surface area (Å²) in [5.41, 5.74) is 2.89. The van der Waals surface area contributed by atoms with Crippen molar-refractivity contribution < 1.29 is 0 Å². The SMILES string of the molecule is CC(C)CC1(CNc2nc(NN)ncc2Br)CCCC1. The molecule has 0 atom stereocenters. The fourth-order valence-corrected chi connectivity index (χ4v) is 3.61. The first-order valence-electron chi connectivity index (χ1n) is 7.28. The predicted molar refractivity (Wildman–Crippen MR) is 86.4 cm³/mol. The Morgan fingerprint density at radius 1 is 1.40 bits per heavy atom. The Hall–Kier alpha value is -0.880. The number of hydrogen-bond donors (Lipinski definition) is 3. The van der Waals surface area contributed by atoms with Gasteiger partial charge in [-0.1, -0.05) is 26.7 Å². The number of anilines is 2. The first kappa shape index (κ1) is 15.5. The molecule has 1 heterocycles. The molecule has 112 valence electrons. The van der Waals surface area contributed by atoms with Crippen LogP contribution in [0.2, 0.25) is 0 Å². The minimum atomic E-state index is 0.412. The van der Waals surface area contributed by atoms with E-state index in [4.69, 9.17) is 5.84 Å². The highest BCUT2D eigenvalue weighted by molar-refractivity contribution is 9.10. The first-order chi connectivity index (χ1) is 9.54. The summed E-state index contributed by atoms with van der Waals surface area (Å²) in [6.07, 6.45) is 8.29. The van der Waals surface area contributed by atoms with Crippen molar-refractivity contribution in [1.29, 1.82) is 0 Å². The molecule has 1 aromatic rings. The van der Waals surface area contributed by atoms with Crippen LogP contribution in [0, 0.1) is 11.3 Å². The van der Waals surface area contributed by atoms with Gasteiger partial charge >= 0.3 is 0 Å². The first-order valence-corrected chi connectivity index (χ1v) is 8.07. The molecule has 0 saturated heterocycles. The molecule has 0 radical (unpaired) electrons. The molecule has 1 saturated carbocycles. The van der Waals surface area contributed by atoms with Crippen LogP contribution in [0.4, 0.5) is 11.8 Å². The Balaban J connectivity index is 2.06. The van der Waals surface area contributed by atoms with Gasteiger partial charge in [-0.05, 0) is 46.5 Å². The topological polar surface area (TPSA) is 75.9 Å². The van der Waals surface area contributed by atoms with Gasteiger partial charge in [0.2, 0.25) is 5.95 Å². The van der Waals surface area contributed by atoms with E-state index in [1.807, 2.05) is 0 Å². The summed E-state index contributed by atoms with van der Waals surface area (Å²) < 4.78 is 0.870. The van der Waals surface area contributed by atoms with E-state index in [0.29, 0.717) is 11.4 Å². The van der Waals surface area contributed by atoms with Gasteiger partial charge in [-0.2, -0.15) is 4.98 Å². The Kier molecular flexibility index (Phi) is 5.21. The summed E-state index contributed by atoms with van der Waals surface area (Å²) in [5, 5.41) is 3.48. The molecule has 0 amide bonds.